The standard InChI is InChI=1S/C12H19F3N2O4/c13-12(14,15)8-17(7-11(19)20)10(18)3-6-21-9-1-4-16-5-2-9/h9,16H,1-8H2,(H,19,20). The van der Waals surface area contributed by atoms with Gasteiger partial charge in [0.05, 0.1) is 19.1 Å². The number of hydrogen-bond donors (Lipinski definition) is 2. The number of carboxylic acid groups (broad SMARTS) is 1. The van der Waals surface area contributed by atoms with Gasteiger partial charge in [0.1, 0.15) is 13.1 Å². The first kappa shape index (κ1) is 17.7. The Balaban J connectivity index is 2.38. The van der Waals surface area contributed by atoms with Crippen LogP contribution in [0.2, 0.25) is 0 Å². The number of alkyl halides is 3. The number of aliphatic carboxylic acids is 1. The minimum absolute atomic E-state index is 0.00250. The number of halogens is 3. The van der Waals surface area contributed by atoms with Crippen molar-refractivity contribution in [2.75, 3.05) is 32.8 Å². The Kier molecular flexibility index (Phi) is 6.90. The third-order valence-corrected chi connectivity index (χ3v) is 3.00. The molecule has 0 aromatic carbocycles. The summed E-state index contributed by atoms with van der Waals surface area (Å²) in [5.74, 6) is -2.35. The monoisotopic (exact) mass is 312 g/mol. The predicted molar refractivity (Wildman–Crippen MR) is 66.7 cm³/mol. The van der Waals surface area contributed by atoms with Crippen LogP contribution < -0.4 is 5.32 Å². The molecule has 0 aromatic heterocycles. The van der Waals surface area contributed by atoms with Gasteiger partial charge in [-0.15, -0.1) is 0 Å². The SMILES string of the molecule is O=C(O)CN(CC(F)(F)F)C(=O)CCOC1CCNCC1. The molecule has 1 amide bonds. The zero-order valence-corrected chi connectivity index (χ0v) is 11.5. The maximum atomic E-state index is 12.3. The van der Waals surface area contributed by atoms with Gasteiger partial charge in [-0.1, -0.05) is 0 Å². The number of carbonyl (C=O) groups excluding carboxylic acids is 1. The van der Waals surface area contributed by atoms with Gasteiger partial charge in [-0.3, -0.25) is 9.59 Å². The number of nitrogens with zero attached hydrogens (tertiary/aromatic N) is 1. The molecule has 1 heterocycles. The highest BCUT2D eigenvalue weighted by atomic mass is 19.4. The summed E-state index contributed by atoms with van der Waals surface area (Å²) in [5, 5.41) is 11.7. The number of carboxylic acids is 1. The molecule has 0 atom stereocenters. The fourth-order valence-corrected chi connectivity index (χ4v) is 2.05. The van der Waals surface area contributed by atoms with Crippen molar-refractivity contribution in [3.63, 3.8) is 0 Å². The van der Waals surface area contributed by atoms with E-state index in [4.69, 9.17) is 9.84 Å². The van der Waals surface area contributed by atoms with Gasteiger partial charge in [-0.05, 0) is 25.9 Å². The van der Waals surface area contributed by atoms with Gasteiger partial charge in [0, 0.05) is 0 Å². The molecule has 0 unspecified atom stereocenters. The van der Waals surface area contributed by atoms with E-state index in [1.807, 2.05) is 0 Å². The summed E-state index contributed by atoms with van der Waals surface area (Å²) in [7, 11) is 0. The van der Waals surface area contributed by atoms with Crippen LogP contribution in [0.1, 0.15) is 19.3 Å². The summed E-state index contributed by atoms with van der Waals surface area (Å²) in [6.07, 6.45) is -3.31. The molecule has 0 saturated carbocycles. The Bertz CT molecular complexity index is 357. The Morgan fingerprint density at radius 2 is 1.90 bits per heavy atom. The molecule has 21 heavy (non-hydrogen) atoms. The summed E-state index contributed by atoms with van der Waals surface area (Å²) in [6, 6.07) is 0. The Labute approximate surface area is 120 Å². The number of hydrogen-bond acceptors (Lipinski definition) is 4. The summed E-state index contributed by atoms with van der Waals surface area (Å²) < 4.78 is 42.3. The van der Waals surface area contributed by atoms with Gasteiger partial charge >= 0.3 is 12.1 Å². The van der Waals surface area contributed by atoms with E-state index in [9.17, 15) is 22.8 Å². The lowest BCUT2D eigenvalue weighted by molar-refractivity contribution is -0.166. The highest BCUT2D eigenvalue weighted by Gasteiger charge is 2.33. The lowest BCUT2D eigenvalue weighted by Crippen LogP contribution is -2.42. The van der Waals surface area contributed by atoms with Crippen LogP contribution >= 0.6 is 0 Å². The molecular weight excluding hydrogens is 293 g/mol. The van der Waals surface area contributed by atoms with Crippen molar-refractivity contribution in [1.82, 2.24) is 10.2 Å². The number of rotatable bonds is 7. The van der Waals surface area contributed by atoms with Crippen LogP contribution in [0.5, 0.6) is 0 Å². The highest BCUT2D eigenvalue weighted by Crippen LogP contribution is 2.17. The molecular formula is C12H19F3N2O4. The molecule has 0 bridgehead atoms. The van der Waals surface area contributed by atoms with Gasteiger partial charge in [0.15, 0.2) is 0 Å². The number of carbonyl (C=O) groups is 2. The van der Waals surface area contributed by atoms with Crippen LogP contribution in [-0.2, 0) is 14.3 Å². The fourth-order valence-electron chi connectivity index (χ4n) is 2.05. The van der Waals surface area contributed by atoms with E-state index in [0.717, 1.165) is 25.9 Å². The first-order valence-electron chi connectivity index (χ1n) is 6.66. The lowest BCUT2D eigenvalue weighted by atomic mass is 10.1. The van der Waals surface area contributed by atoms with Crippen LogP contribution in [0.4, 0.5) is 13.2 Å². The average Bonchev–Trinajstić information content (AvgIpc) is 2.37. The quantitative estimate of drug-likeness (QED) is 0.720. The minimum Gasteiger partial charge on any atom is -0.480 e. The van der Waals surface area contributed by atoms with E-state index in [2.05, 4.69) is 5.32 Å². The Morgan fingerprint density at radius 1 is 1.29 bits per heavy atom. The third-order valence-electron chi connectivity index (χ3n) is 3.00. The summed E-state index contributed by atoms with van der Waals surface area (Å²) >= 11 is 0. The number of nitrogens with one attached hydrogen (secondary N) is 1. The first-order chi connectivity index (χ1) is 9.78. The Morgan fingerprint density at radius 3 is 2.43 bits per heavy atom. The van der Waals surface area contributed by atoms with Gasteiger partial charge in [0.25, 0.3) is 0 Å². The molecule has 2 N–H and O–H groups in total. The van der Waals surface area contributed by atoms with Crippen molar-refractivity contribution in [1.29, 1.82) is 0 Å². The van der Waals surface area contributed by atoms with E-state index in [-0.39, 0.29) is 24.0 Å². The van der Waals surface area contributed by atoms with Gasteiger partial charge in [-0.25, -0.2) is 0 Å². The van der Waals surface area contributed by atoms with E-state index in [1.54, 1.807) is 0 Å². The van der Waals surface area contributed by atoms with Crippen LogP contribution in [0.25, 0.3) is 0 Å². The second-order valence-electron chi connectivity index (χ2n) is 4.83. The number of piperidine rings is 1. The highest BCUT2D eigenvalue weighted by molar-refractivity contribution is 5.81. The zero-order valence-electron chi connectivity index (χ0n) is 11.5. The van der Waals surface area contributed by atoms with Gasteiger partial charge in [-0.2, -0.15) is 13.2 Å². The lowest BCUT2D eigenvalue weighted by Gasteiger charge is -2.24. The van der Waals surface area contributed by atoms with E-state index in [0.29, 0.717) is 0 Å². The van der Waals surface area contributed by atoms with E-state index in [1.165, 1.54) is 0 Å². The van der Waals surface area contributed by atoms with Gasteiger partial charge in [0.2, 0.25) is 5.91 Å². The summed E-state index contributed by atoms with van der Waals surface area (Å²) in [4.78, 5) is 22.5. The van der Waals surface area contributed by atoms with Gasteiger partial charge < -0.3 is 20.1 Å². The molecule has 0 aliphatic carbocycles. The predicted octanol–water partition coefficient (Wildman–Crippen LogP) is 0.621. The topological polar surface area (TPSA) is 78.9 Å². The molecule has 1 rings (SSSR count). The normalized spacial score (nSPS) is 16.7. The van der Waals surface area contributed by atoms with Crippen molar-refractivity contribution < 1.29 is 32.6 Å². The molecule has 0 aromatic rings. The third kappa shape index (κ3) is 7.86. The second kappa shape index (κ2) is 8.18. The molecule has 0 radical (unpaired) electrons. The summed E-state index contributed by atoms with van der Waals surface area (Å²) in [6.45, 7) is -0.926. The van der Waals surface area contributed by atoms with Crippen LogP contribution in [0.3, 0.4) is 0 Å². The minimum atomic E-state index is -4.62. The smallest absolute Gasteiger partial charge is 0.406 e. The van der Waals surface area contributed by atoms with Crippen molar-refractivity contribution in [3.05, 3.63) is 0 Å². The molecule has 9 heteroatoms. The maximum absolute atomic E-state index is 12.3. The molecule has 1 fully saturated rings. The van der Waals surface area contributed by atoms with Crippen LogP contribution in [0, 0.1) is 0 Å². The number of amides is 1. The molecule has 122 valence electrons. The number of ether oxygens (including phenoxy) is 1. The van der Waals surface area contributed by atoms with E-state index >= 15 is 0 Å². The Hall–Kier alpha value is -1.35. The fraction of sp³-hybridized carbons (Fsp3) is 0.833. The second-order valence-corrected chi connectivity index (χ2v) is 4.83. The van der Waals surface area contributed by atoms with Crippen LogP contribution in [0.15, 0.2) is 0 Å². The molecule has 1 aliphatic rings. The molecule has 1 aliphatic heterocycles. The van der Waals surface area contributed by atoms with Crippen molar-refractivity contribution in [2.24, 2.45) is 0 Å². The first-order valence-corrected chi connectivity index (χ1v) is 6.66. The zero-order chi connectivity index (χ0) is 15.9. The van der Waals surface area contributed by atoms with Crippen molar-refractivity contribution in [2.45, 2.75) is 31.5 Å². The largest absolute Gasteiger partial charge is 0.480 e. The molecule has 1 saturated heterocycles. The van der Waals surface area contributed by atoms with Crippen molar-refractivity contribution in [3.8, 4) is 0 Å². The maximum Gasteiger partial charge on any atom is 0.406 e. The average molecular weight is 312 g/mol. The molecule has 6 nitrogen and oxygen atoms in total. The van der Waals surface area contributed by atoms with Crippen molar-refractivity contribution >= 4 is 11.9 Å². The van der Waals surface area contributed by atoms with E-state index < -0.39 is 31.1 Å². The summed E-state index contributed by atoms with van der Waals surface area (Å²) in [5.41, 5.74) is 0. The molecule has 0 spiro atoms. The van der Waals surface area contributed by atoms with Crippen LogP contribution in [-0.4, -0.2) is 66.9 Å².